The van der Waals surface area contributed by atoms with Crippen LogP contribution in [0.4, 0.5) is 0 Å². The summed E-state index contributed by atoms with van der Waals surface area (Å²) in [7, 11) is -0.939. The van der Waals surface area contributed by atoms with Gasteiger partial charge >= 0.3 is 0 Å². The normalized spacial score (nSPS) is 16.2. The van der Waals surface area contributed by atoms with Crippen molar-refractivity contribution in [3.05, 3.63) is 106 Å². The molecule has 3 aromatic rings. The van der Waals surface area contributed by atoms with Crippen LogP contribution < -0.4 is 5.32 Å². The molecule has 0 spiro atoms. The molecule has 1 aliphatic heterocycles. The van der Waals surface area contributed by atoms with E-state index in [1.54, 1.807) is 0 Å². The molecule has 1 unspecified atom stereocenters. The van der Waals surface area contributed by atoms with E-state index in [-0.39, 0.29) is 0 Å². The lowest BCUT2D eigenvalue weighted by Crippen LogP contribution is -2.32. The maximum Gasteiger partial charge on any atom is 0.0987 e. The SMILES string of the molecule is C/C=C(/C(=C\CC)NCc1ccc(CS(=O)N2CCCCC2)cc1)c1cnn(-c2ccc(C)cc2)c1/C=C(\C)CC. The lowest BCUT2D eigenvalue weighted by Gasteiger charge is -2.25. The van der Waals surface area contributed by atoms with E-state index in [9.17, 15) is 4.21 Å². The highest BCUT2D eigenvalue weighted by Crippen LogP contribution is 2.29. The summed E-state index contributed by atoms with van der Waals surface area (Å²) in [5, 5.41) is 8.56. The minimum atomic E-state index is -0.939. The number of nitrogens with zero attached hydrogens (tertiary/aromatic N) is 3. The maximum absolute atomic E-state index is 12.8. The third-order valence-corrected chi connectivity index (χ3v) is 9.22. The Balaban J connectivity index is 1.53. The lowest BCUT2D eigenvalue weighted by molar-refractivity contribution is 0.365. The fourth-order valence-electron chi connectivity index (χ4n) is 5.12. The largest absolute Gasteiger partial charge is 0.381 e. The summed E-state index contributed by atoms with van der Waals surface area (Å²) < 4.78 is 17.0. The molecular formula is C35H46N4OS. The van der Waals surface area contributed by atoms with Crippen molar-refractivity contribution < 1.29 is 4.21 Å². The van der Waals surface area contributed by atoms with E-state index >= 15 is 0 Å². The van der Waals surface area contributed by atoms with Gasteiger partial charge < -0.3 is 5.32 Å². The van der Waals surface area contributed by atoms with E-state index in [1.807, 2.05) is 10.9 Å². The summed E-state index contributed by atoms with van der Waals surface area (Å²) in [6.07, 6.45) is 14.2. The number of aryl methyl sites for hydroxylation is 1. The number of allylic oxidation sites excluding steroid dienone is 4. The summed E-state index contributed by atoms with van der Waals surface area (Å²) in [5.41, 5.74) is 10.4. The van der Waals surface area contributed by atoms with E-state index in [4.69, 9.17) is 5.10 Å². The van der Waals surface area contributed by atoms with Gasteiger partial charge in [-0.05, 0) is 75.8 Å². The number of hydrogen-bond donors (Lipinski definition) is 1. The molecule has 41 heavy (non-hydrogen) atoms. The second kappa shape index (κ2) is 15.1. The summed E-state index contributed by atoms with van der Waals surface area (Å²) in [6.45, 7) is 13.4. The Morgan fingerprint density at radius 3 is 2.32 bits per heavy atom. The number of hydrogen-bond acceptors (Lipinski definition) is 3. The van der Waals surface area contributed by atoms with Crippen LogP contribution in [0, 0.1) is 6.92 Å². The first-order chi connectivity index (χ1) is 19.9. The van der Waals surface area contributed by atoms with Gasteiger partial charge in [0.15, 0.2) is 0 Å². The van der Waals surface area contributed by atoms with Gasteiger partial charge in [-0.3, -0.25) is 0 Å². The van der Waals surface area contributed by atoms with Crippen LogP contribution in [0.15, 0.2) is 78.1 Å². The summed E-state index contributed by atoms with van der Waals surface area (Å²) in [6, 6.07) is 17.1. The van der Waals surface area contributed by atoms with Crippen LogP contribution in [0.2, 0.25) is 0 Å². The first-order valence-corrected chi connectivity index (χ1v) is 16.4. The molecule has 1 aromatic heterocycles. The van der Waals surface area contributed by atoms with E-state index in [0.29, 0.717) is 12.3 Å². The molecule has 0 aliphatic carbocycles. The van der Waals surface area contributed by atoms with E-state index in [2.05, 4.69) is 111 Å². The first kappa shape index (κ1) is 30.7. The number of benzene rings is 2. The van der Waals surface area contributed by atoms with Gasteiger partial charge in [0, 0.05) is 36.5 Å². The molecule has 218 valence electrons. The number of piperidine rings is 1. The topological polar surface area (TPSA) is 50.2 Å². The zero-order valence-corrected chi connectivity index (χ0v) is 26.3. The Morgan fingerprint density at radius 1 is 1.00 bits per heavy atom. The van der Waals surface area contributed by atoms with Crippen LogP contribution >= 0.6 is 0 Å². The predicted octanol–water partition coefficient (Wildman–Crippen LogP) is 8.13. The Kier molecular flexibility index (Phi) is 11.3. The van der Waals surface area contributed by atoms with Crippen LogP contribution in [-0.2, 0) is 23.3 Å². The summed E-state index contributed by atoms with van der Waals surface area (Å²) >= 11 is 0. The third kappa shape index (κ3) is 8.17. The average Bonchev–Trinajstić information content (AvgIpc) is 3.40. The Hall–Kier alpha value is -3.22. The van der Waals surface area contributed by atoms with Crippen molar-refractivity contribution in [2.45, 2.75) is 79.0 Å². The van der Waals surface area contributed by atoms with Gasteiger partial charge in [0.05, 0.1) is 34.3 Å². The molecule has 4 rings (SSSR count). The van der Waals surface area contributed by atoms with Crippen LogP contribution in [0.5, 0.6) is 0 Å². The summed E-state index contributed by atoms with van der Waals surface area (Å²) in [5.74, 6) is 0.593. The highest BCUT2D eigenvalue weighted by Gasteiger charge is 2.18. The monoisotopic (exact) mass is 570 g/mol. The van der Waals surface area contributed by atoms with Crippen molar-refractivity contribution in [2.24, 2.45) is 0 Å². The number of rotatable bonds is 12. The van der Waals surface area contributed by atoms with Crippen LogP contribution in [0.1, 0.15) is 87.7 Å². The molecule has 0 bridgehead atoms. The number of nitrogens with one attached hydrogen (secondary N) is 1. The molecular weight excluding hydrogens is 524 g/mol. The third-order valence-electron chi connectivity index (χ3n) is 7.70. The van der Waals surface area contributed by atoms with Crippen molar-refractivity contribution in [1.82, 2.24) is 19.4 Å². The molecule has 2 aromatic carbocycles. The quantitative estimate of drug-likeness (QED) is 0.224. The Bertz CT molecular complexity index is 1390. The van der Waals surface area contributed by atoms with Gasteiger partial charge in [-0.15, -0.1) is 0 Å². The fourth-order valence-corrected chi connectivity index (χ4v) is 6.45. The molecule has 2 heterocycles. The lowest BCUT2D eigenvalue weighted by atomic mass is 10.00. The van der Waals surface area contributed by atoms with Gasteiger partial charge in [-0.1, -0.05) is 80.0 Å². The van der Waals surface area contributed by atoms with Gasteiger partial charge in [-0.2, -0.15) is 5.10 Å². The number of aromatic nitrogens is 2. The van der Waals surface area contributed by atoms with Crippen LogP contribution in [0.3, 0.4) is 0 Å². The zero-order valence-electron chi connectivity index (χ0n) is 25.5. The smallest absolute Gasteiger partial charge is 0.0987 e. The zero-order chi connectivity index (χ0) is 29.2. The molecule has 1 N–H and O–H groups in total. The van der Waals surface area contributed by atoms with Crippen molar-refractivity contribution in [1.29, 1.82) is 0 Å². The fraction of sp³-hybridized carbons (Fsp3) is 0.400. The highest BCUT2D eigenvalue weighted by molar-refractivity contribution is 7.81. The summed E-state index contributed by atoms with van der Waals surface area (Å²) in [4.78, 5) is 0. The van der Waals surface area contributed by atoms with E-state index in [1.165, 1.54) is 23.1 Å². The average molecular weight is 571 g/mol. The van der Waals surface area contributed by atoms with Crippen molar-refractivity contribution in [3.8, 4) is 5.69 Å². The molecule has 0 amide bonds. The van der Waals surface area contributed by atoms with Gasteiger partial charge in [0.25, 0.3) is 0 Å². The molecule has 5 nitrogen and oxygen atoms in total. The van der Waals surface area contributed by atoms with Crippen LogP contribution in [-0.4, -0.2) is 31.4 Å². The molecule has 6 heteroatoms. The second-order valence-electron chi connectivity index (χ2n) is 10.9. The highest BCUT2D eigenvalue weighted by atomic mass is 32.2. The second-order valence-corrected chi connectivity index (χ2v) is 12.3. The minimum Gasteiger partial charge on any atom is -0.381 e. The minimum absolute atomic E-state index is 0.593. The predicted molar refractivity (Wildman–Crippen MR) is 175 cm³/mol. The van der Waals surface area contributed by atoms with Gasteiger partial charge in [0.1, 0.15) is 0 Å². The molecule has 1 atom stereocenters. The Labute approximate surface area is 249 Å². The van der Waals surface area contributed by atoms with Crippen molar-refractivity contribution >= 4 is 22.6 Å². The van der Waals surface area contributed by atoms with E-state index < -0.39 is 11.0 Å². The van der Waals surface area contributed by atoms with Gasteiger partial charge in [-0.25, -0.2) is 13.2 Å². The molecule has 1 saturated heterocycles. The van der Waals surface area contributed by atoms with Crippen molar-refractivity contribution in [3.63, 3.8) is 0 Å². The first-order valence-electron chi connectivity index (χ1n) is 15.1. The standard InChI is InChI=1S/C35H46N4OS/c1-6-12-34(36-24-29-15-17-30(18-16-29)26-41(40)38-21-10-9-11-22-38)32(8-3)33-25-37-39(35(33)23-27(4)7-2)31-19-13-28(5)14-20-31/h8,12-20,23,25,36H,6-7,9-11,21-22,24,26H2,1-5H3/b27-23+,32-8+,34-12+. The maximum atomic E-state index is 12.8. The molecule has 1 fully saturated rings. The van der Waals surface area contributed by atoms with E-state index in [0.717, 1.165) is 72.6 Å². The molecule has 0 saturated carbocycles. The Morgan fingerprint density at radius 2 is 1.68 bits per heavy atom. The molecule has 0 radical (unpaired) electrons. The van der Waals surface area contributed by atoms with Gasteiger partial charge in [0.2, 0.25) is 0 Å². The molecule has 1 aliphatic rings. The van der Waals surface area contributed by atoms with Crippen molar-refractivity contribution in [2.75, 3.05) is 13.1 Å². The van der Waals surface area contributed by atoms with Crippen LogP contribution in [0.25, 0.3) is 17.3 Å².